The van der Waals surface area contributed by atoms with Crippen molar-refractivity contribution in [2.75, 3.05) is 38.5 Å². The summed E-state index contributed by atoms with van der Waals surface area (Å²) < 4.78 is 31.2. The first-order valence-corrected chi connectivity index (χ1v) is 9.86. The van der Waals surface area contributed by atoms with Gasteiger partial charge in [-0.3, -0.25) is 4.79 Å². The summed E-state index contributed by atoms with van der Waals surface area (Å²) in [5.74, 6) is -0.0367. The van der Waals surface area contributed by atoms with Crippen LogP contribution in [0.15, 0.2) is 16.8 Å². The highest BCUT2D eigenvalue weighted by molar-refractivity contribution is 7.89. The Labute approximate surface area is 135 Å². The first kappa shape index (κ1) is 17.4. The van der Waals surface area contributed by atoms with E-state index in [1.807, 2.05) is 24.6 Å². The molecule has 1 aliphatic rings. The summed E-state index contributed by atoms with van der Waals surface area (Å²) in [4.78, 5) is 13.9. The van der Waals surface area contributed by atoms with E-state index in [2.05, 4.69) is 0 Å². The van der Waals surface area contributed by atoms with Gasteiger partial charge < -0.3 is 9.64 Å². The molecule has 8 heteroatoms. The predicted molar refractivity (Wildman–Crippen MR) is 86.7 cm³/mol. The molecule has 0 N–H and O–H groups in total. The van der Waals surface area contributed by atoms with Crippen LogP contribution in [0, 0.1) is 0 Å². The van der Waals surface area contributed by atoms with Crippen LogP contribution in [0.3, 0.4) is 0 Å². The van der Waals surface area contributed by atoms with Gasteiger partial charge in [-0.05, 0) is 25.3 Å². The van der Waals surface area contributed by atoms with Crippen molar-refractivity contribution < 1.29 is 17.9 Å². The molecule has 1 amide bonds. The van der Waals surface area contributed by atoms with E-state index < -0.39 is 10.0 Å². The van der Waals surface area contributed by atoms with Gasteiger partial charge in [0.2, 0.25) is 10.0 Å². The number of ether oxygens (including phenoxy) is 1. The standard InChI is InChI=1S/C14H22N2O4S2/c1-12(2)20-8-10-22(18,19)16-6-4-15(5-7-16)14(17)13-3-9-21-11-13/h3,9,11-12H,4-8,10H2,1-2H3. The van der Waals surface area contributed by atoms with Crippen molar-refractivity contribution in [2.24, 2.45) is 0 Å². The second-order valence-electron chi connectivity index (χ2n) is 5.44. The van der Waals surface area contributed by atoms with E-state index in [0.717, 1.165) is 0 Å². The van der Waals surface area contributed by atoms with Gasteiger partial charge in [-0.15, -0.1) is 0 Å². The van der Waals surface area contributed by atoms with Gasteiger partial charge in [-0.1, -0.05) is 0 Å². The molecule has 2 rings (SSSR count). The number of hydrogen-bond donors (Lipinski definition) is 0. The lowest BCUT2D eigenvalue weighted by atomic mass is 10.2. The van der Waals surface area contributed by atoms with Crippen LogP contribution in [-0.2, 0) is 14.8 Å². The van der Waals surface area contributed by atoms with E-state index in [9.17, 15) is 13.2 Å². The number of amides is 1. The minimum absolute atomic E-state index is 0.0103. The van der Waals surface area contributed by atoms with E-state index in [-0.39, 0.29) is 24.4 Å². The smallest absolute Gasteiger partial charge is 0.254 e. The summed E-state index contributed by atoms with van der Waals surface area (Å²) in [7, 11) is -3.31. The van der Waals surface area contributed by atoms with Crippen LogP contribution in [0.1, 0.15) is 24.2 Å². The monoisotopic (exact) mass is 346 g/mol. The van der Waals surface area contributed by atoms with E-state index in [1.165, 1.54) is 15.6 Å². The van der Waals surface area contributed by atoms with Crippen LogP contribution in [0.2, 0.25) is 0 Å². The molecule has 1 saturated heterocycles. The predicted octanol–water partition coefficient (Wildman–Crippen LogP) is 1.26. The molecule has 0 aromatic carbocycles. The number of carbonyl (C=O) groups excluding carboxylic acids is 1. The quantitative estimate of drug-likeness (QED) is 0.778. The van der Waals surface area contributed by atoms with E-state index in [1.54, 1.807) is 11.0 Å². The molecule has 0 spiro atoms. The maximum Gasteiger partial charge on any atom is 0.254 e. The number of carbonyl (C=O) groups is 1. The fourth-order valence-electron chi connectivity index (χ4n) is 2.26. The van der Waals surface area contributed by atoms with Gasteiger partial charge in [0.15, 0.2) is 0 Å². The number of nitrogens with zero attached hydrogens (tertiary/aromatic N) is 2. The molecule has 22 heavy (non-hydrogen) atoms. The maximum absolute atomic E-state index is 12.2. The molecule has 0 saturated carbocycles. The molecule has 1 fully saturated rings. The normalized spacial score (nSPS) is 17.1. The summed E-state index contributed by atoms with van der Waals surface area (Å²) in [6, 6.07) is 1.79. The highest BCUT2D eigenvalue weighted by atomic mass is 32.2. The number of piperazine rings is 1. The van der Waals surface area contributed by atoms with Crippen molar-refractivity contribution in [3.63, 3.8) is 0 Å². The fraction of sp³-hybridized carbons (Fsp3) is 0.643. The number of sulfonamides is 1. The minimum Gasteiger partial charge on any atom is -0.378 e. The average molecular weight is 346 g/mol. The van der Waals surface area contributed by atoms with Gasteiger partial charge in [-0.2, -0.15) is 15.6 Å². The zero-order valence-corrected chi connectivity index (χ0v) is 14.5. The molecule has 124 valence electrons. The summed E-state index contributed by atoms with van der Waals surface area (Å²) >= 11 is 1.48. The highest BCUT2D eigenvalue weighted by Gasteiger charge is 2.29. The summed E-state index contributed by atoms with van der Waals surface area (Å²) in [5.41, 5.74) is 0.673. The third-order valence-electron chi connectivity index (χ3n) is 3.48. The molecule has 0 atom stereocenters. The van der Waals surface area contributed by atoms with Crippen LogP contribution in [-0.4, -0.2) is 68.2 Å². The molecule has 0 unspecified atom stereocenters. The topological polar surface area (TPSA) is 66.9 Å². The van der Waals surface area contributed by atoms with Gasteiger partial charge >= 0.3 is 0 Å². The van der Waals surface area contributed by atoms with Crippen molar-refractivity contribution in [3.8, 4) is 0 Å². The van der Waals surface area contributed by atoms with Crippen LogP contribution >= 0.6 is 11.3 Å². The second-order valence-corrected chi connectivity index (χ2v) is 8.31. The molecular formula is C14H22N2O4S2. The maximum atomic E-state index is 12.2. The Morgan fingerprint density at radius 3 is 2.55 bits per heavy atom. The first-order valence-electron chi connectivity index (χ1n) is 7.31. The third kappa shape index (κ3) is 4.52. The van der Waals surface area contributed by atoms with Gasteiger partial charge in [0.25, 0.3) is 5.91 Å². The summed E-state index contributed by atoms with van der Waals surface area (Å²) in [5, 5.41) is 3.68. The number of rotatable bonds is 6. The Kier molecular flexibility index (Phi) is 5.96. The average Bonchev–Trinajstić information content (AvgIpc) is 3.00. The van der Waals surface area contributed by atoms with Crippen molar-refractivity contribution in [1.29, 1.82) is 0 Å². The molecular weight excluding hydrogens is 324 g/mol. The van der Waals surface area contributed by atoms with Crippen molar-refractivity contribution in [2.45, 2.75) is 20.0 Å². The molecule has 1 aliphatic heterocycles. The van der Waals surface area contributed by atoms with Gasteiger partial charge in [-0.25, -0.2) is 8.42 Å². The minimum atomic E-state index is -3.31. The van der Waals surface area contributed by atoms with E-state index >= 15 is 0 Å². The molecule has 1 aromatic rings. The number of thiophene rings is 1. The van der Waals surface area contributed by atoms with Gasteiger partial charge in [0, 0.05) is 31.6 Å². The lowest BCUT2D eigenvalue weighted by Gasteiger charge is -2.34. The van der Waals surface area contributed by atoms with Crippen LogP contribution in [0.25, 0.3) is 0 Å². The first-order chi connectivity index (χ1) is 10.4. The van der Waals surface area contributed by atoms with Crippen molar-refractivity contribution >= 4 is 27.3 Å². The molecule has 2 heterocycles. The number of hydrogen-bond acceptors (Lipinski definition) is 5. The van der Waals surface area contributed by atoms with E-state index in [4.69, 9.17) is 4.74 Å². The highest BCUT2D eigenvalue weighted by Crippen LogP contribution is 2.14. The Morgan fingerprint density at radius 2 is 2.00 bits per heavy atom. The molecule has 1 aromatic heterocycles. The Morgan fingerprint density at radius 1 is 1.32 bits per heavy atom. The lowest BCUT2D eigenvalue weighted by Crippen LogP contribution is -2.51. The molecule has 0 aliphatic carbocycles. The van der Waals surface area contributed by atoms with Crippen LogP contribution in [0.5, 0.6) is 0 Å². The summed E-state index contributed by atoms with van der Waals surface area (Å²) in [6.07, 6.45) is 0.0234. The molecule has 0 radical (unpaired) electrons. The molecule has 6 nitrogen and oxygen atoms in total. The van der Waals surface area contributed by atoms with Crippen LogP contribution < -0.4 is 0 Å². The second kappa shape index (κ2) is 7.54. The van der Waals surface area contributed by atoms with Crippen molar-refractivity contribution in [1.82, 2.24) is 9.21 Å². The lowest BCUT2D eigenvalue weighted by molar-refractivity contribution is 0.0694. The summed E-state index contributed by atoms with van der Waals surface area (Å²) in [6.45, 7) is 5.51. The fourth-order valence-corrected chi connectivity index (χ4v) is 4.17. The Balaban J connectivity index is 1.85. The van der Waals surface area contributed by atoms with Gasteiger partial charge in [0.1, 0.15) is 0 Å². The third-order valence-corrected chi connectivity index (χ3v) is 6.00. The van der Waals surface area contributed by atoms with Crippen molar-refractivity contribution in [3.05, 3.63) is 22.4 Å². The molecule has 0 bridgehead atoms. The largest absolute Gasteiger partial charge is 0.378 e. The SMILES string of the molecule is CC(C)OCCS(=O)(=O)N1CCN(C(=O)c2ccsc2)CC1. The van der Waals surface area contributed by atoms with Gasteiger partial charge in [0.05, 0.1) is 24.0 Å². The van der Waals surface area contributed by atoms with E-state index in [0.29, 0.717) is 31.7 Å². The zero-order valence-electron chi connectivity index (χ0n) is 12.9. The Hall–Kier alpha value is -0.960. The zero-order chi connectivity index (χ0) is 16.2. The Bertz CT molecular complexity index is 576. The van der Waals surface area contributed by atoms with Crippen LogP contribution in [0.4, 0.5) is 0 Å².